The van der Waals surface area contributed by atoms with E-state index in [1.165, 1.54) is 37.8 Å². The van der Waals surface area contributed by atoms with Gasteiger partial charge in [-0.05, 0) is 52.1 Å². The molecule has 0 bridgehead atoms. The number of nitrogens with zero attached hydrogens (tertiary/aromatic N) is 2. The topological polar surface area (TPSA) is 29.9 Å². The summed E-state index contributed by atoms with van der Waals surface area (Å²) in [4.78, 5) is 0. The van der Waals surface area contributed by atoms with Crippen LogP contribution in [0.1, 0.15) is 44.0 Å². The molecule has 1 aromatic heterocycles. The van der Waals surface area contributed by atoms with E-state index < -0.39 is 0 Å². The first kappa shape index (κ1) is 12.6. The van der Waals surface area contributed by atoms with Crippen molar-refractivity contribution in [2.45, 2.75) is 58.5 Å². The molecule has 1 fully saturated rings. The van der Waals surface area contributed by atoms with Crippen LogP contribution < -0.4 is 5.32 Å². The summed E-state index contributed by atoms with van der Waals surface area (Å²) < 4.78 is 2.16. The number of hydrogen-bond donors (Lipinski definition) is 1. The summed E-state index contributed by atoms with van der Waals surface area (Å²) in [6, 6.07) is 2.95. The smallest absolute Gasteiger partial charge is 0.0596 e. The lowest BCUT2D eigenvalue weighted by atomic mass is 9.81. The van der Waals surface area contributed by atoms with Crippen molar-refractivity contribution in [3.8, 4) is 0 Å². The maximum absolute atomic E-state index is 4.54. The zero-order chi connectivity index (χ0) is 12.3. The highest BCUT2D eigenvalue weighted by molar-refractivity contribution is 5.10. The van der Waals surface area contributed by atoms with Crippen LogP contribution in [0.5, 0.6) is 0 Å². The Balaban J connectivity index is 2.07. The Hall–Kier alpha value is -0.830. The molecule has 2 rings (SSSR count). The number of rotatable bonds is 4. The summed E-state index contributed by atoms with van der Waals surface area (Å²) in [5, 5.41) is 8.03. The van der Waals surface area contributed by atoms with Crippen molar-refractivity contribution >= 4 is 0 Å². The van der Waals surface area contributed by atoms with Crippen LogP contribution in [-0.2, 0) is 13.0 Å². The van der Waals surface area contributed by atoms with E-state index >= 15 is 0 Å². The van der Waals surface area contributed by atoms with Gasteiger partial charge in [0.1, 0.15) is 0 Å². The lowest BCUT2D eigenvalue weighted by Gasteiger charge is -2.31. The first-order valence-corrected chi connectivity index (χ1v) is 6.95. The Bertz CT molecular complexity index is 356. The molecule has 1 N–H and O–H groups in total. The van der Waals surface area contributed by atoms with Crippen LogP contribution in [0, 0.1) is 12.8 Å². The van der Waals surface area contributed by atoms with E-state index in [-0.39, 0.29) is 0 Å². The quantitative estimate of drug-likeness (QED) is 0.869. The SMILES string of the molecule is CCn1nc(C)cc1CC1CCCCC1NC. The minimum atomic E-state index is 0.698. The van der Waals surface area contributed by atoms with Crippen molar-refractivity contribution in [2.24, 2.45) is 5.92 Å². The molecule has 2 unspecified atom stereocenters. The minimum absolute atomic E-state index is 0.698. The Labute approximate surface area is 105 Å². The minimum Gasteiger partial charge on any atom is -0.317 e. The lowest BCUT2D eigenvalue weighted by Crippen LogP contribution is -2.37. The highest BCUT2D eigenvalue weighted by Gasteiger charge is 2.24. The summed E-state index contributed by atoms with van der Waals surface area (Å²) in [5.74, 6) is 0.787. The molecule has 0 radical (unpaired) electrons. The average Bonchev–Trinajstić information content (AvgIpc) is 2.70. The molecule has 1 aliphatic carbocycles. The van der Waals surface area contributed by atoms with Crippen LogP contribution in [-0.4, -0.2) is 22.9 Å². The molecule has 0 saturated heterocycles. The Kier molecular flexibility index (Phi) is 4.21. The predicted octanol–water partition coefficient (Wildman–Crippen LogP) is 2.53. The molecule has 0 aliphatic heterocycles. The van der Waals surface area contributed by atoms with Crippen molar-refractivity contribution in [1.29, 1.82) is 0 Å². The van der Waals surface area contributed by atoms with E-state index in [0.717, 1.165) is 18.2 Å². The van der Waals surface area contributed by atoms with Crippen LogP contribution in [0.3, 0.4) is 0 Å². The summed E-state index contributed by atoms with van der Waals surface area (Å²) in [5.41, 5.74) is 2.57. The fourth-order valence-corrected chi connectivity index (χ4v) is 3.14. The number of aromatic nitrogens is 2. The van der Waals surface area contributed by atoms with Gasteiger partial charge < -0.3 is 5.32 Å². The molecule has 1 aromatic rings. The molecule has 96 valence electrons. The van der Waals surface area contributed by atoms with Gasteiger partial charge in [-0.25, -0.2) is 0 Å². The zero-order valence-corrected chi connectivity index (χ0v) is 11.4. The Morgan fingerprint density at radius 3 is 2.88 bits per heavy atom. The molecule has 0 amide bonds. The van der Waals surface area contributed by atoms with Gasteiger partial charge >= 0.3 is 0 Å². The van der Waals surface area contributed by atoms with E-state index in [1.807, 2.05) is 0 Å². The van der Waals surface area contributed by atoms with Crippen LogP contribution in [0.15, 0.2) is 6.07 Å². The van der Waals surface area contributed by atoms with E-state index in [9.17, 15) is 0 Å². The Morgan fingerprint density at radius 1 is 1.41 bits per heavy atom. The van der Waals surface area contributed by atoms with Gasteiger partial charge in [0, 0.05) is 18.3 Å². The highest BCUT2D eigenvalue weighted by atomic mass is 15.3. The normalized spacial score (nSPS) is 25.1. The standard InChI is InChI=1S/C14H25N3/c1-4-17-13(9-11(2)16-17)10-12-7-5-6-8-14(12)15-3/h9,12,14-15H,4-8,10H2,1-3H3. The van der Waals surface area contributed by atoms with Crippen molar-refractivity contribution < 1.29 is 0 Å². The summed E-state index contributed by atoms with van der Waals surface area (Å²) in [7, 11) is 2.10. The second-order valence-corrected chi connectivity index (χ2v) is 5.24. The fraction of sp³-hybridized carbons (Fsp3) is 0.786. The molecule has 2 atom stereocenters. The first-order chi connectivity index (χ1) is 8.24. The van der Waals surface area contributed by atoms with Gasteiger partial charge in [0.25, 0.3) is 0 Å². The first-order valence-electron chi connectivity index (χ1n) is 6.95. The summed E-state index contributed by atoms with van der Waals surface area (Å²) in [6.45, 7) is 5.25. The number of nitrogens with one attached hydrogen (secondary N) is 1. The van der Waals surface area contributed by atoms with Crippen LogP contribution in [0.2, 0.25) is 0 Å². The van der Waals surface area contributed by atoms with E-state index in [1.54, 1.807) is 0 Å². The van der Waals surface area contributed by atoms with Crippen molar-refractivity contribution in [3.63, 3.8) is 0 Å². The van der Waals surface area contributed by atoms with Gasteiger partial charge in [-0.2, -0.15) is 5.10 Å². The molecule has 17 heavy (non-hydrogen) atoms. The van der Waals surface area contributed by atoms with Gasteiger partial charge in [0.15, 0.2) is 0 Å². The maximum atomic E-state index is 4.54. The highest BCUT2D eigenvalue weighted by Crippen LogP contribution is 2.27. The fourth-order valence-electron chi connectivity index (χ4n) is 3.14. The molecule has 1 aliphatic rings. The van der Waals surface area contributed by atoms with Crippen LogP contribution >= 0.6 is 0 Å². The number of aryl methyl sites for hydroxylation is 2. The molecular weight excluding hydrogens is 210 g/mol. The van der Waals surface area contributed by atoms with E-state index in [4.69, 9.17) is 0 Å². The van der Waals surface area contributed by atoms with Crippen LogP contribution in [0.4, 0.5) is 0 Å². The van der Waals surface area contributed by atoms with Crippen molar-refractivity contribution in [1.82, 2.24) is 15.1 Å². The van der Waals surface area contributed by atoms with Crippen molar-refractivity contribution in [2.75, 3.05) is 7.05 Å². The molecule has 1 saturated carbocycles. The largest absolute Gasteiger partial charge is 0.317 e. The van der Waals surface area contributed by atoms with Crippen LogP contribution in [0.25, 0.3) is 0 Å². The van der Waals surface area contributed by atoms with Gasteiger partial charge in [-0.15, -0.1) is 0 Å². The maximum Gasteiger partial charge on any atom is 0.0596 e. The molecule has 3 nitrogen and oxygen atoms in total. The van der Waals surface area contributed by atoms with Crippen molar-refractivity contribution in [3.05, 3.63) is 17.5 Å². The third kappa shape index (κ3) is 2.89. The average molecular weight is 235 g/mol. The van der Waals surface area contributed by atoms with E-state index in [2.05, 4.69) is 42.1 Å². The lowest BCUT2D eigenvalue weighted by molar-refractivity contribution is 0.268. The number of hydrogen-bond acceptors (Lipinski definition) is 2. The molecule has 3 heteroatoms. The predicted molar refractivity (Wildman–Crippen MR) is 71.1 cm³/mol. The second kappa shape index (κ2) is 5.67. The summed E-state index contributed by atoms with van der Waals surface area (Å²) in [6.07, 6.45) is 6.65. The third-order valence-corrected chi connectivity index (χ3v) is 4.04. The molecular formula is C14H25N3. The molecule has 1 heterocycles. The zero-order valence-electron chi connectivity index (χ0n) is 11.4. The summed E-state index contributed by atoms with van der Waals surface area (Å²) >= 11 is 0. The monoisotopic (exact) mass is 235 g/mol. The third-order valence-electron chi connectivity index (χ3n) is 4.04. The Morgan fingerprint density at radius 2 is 2.18 bits per heavy atom. The molecule has 0 spiro atoms. The van der Waals surface area contributed by atoms with Gasteiger partial charge in [0.2, 0.25) is 0 Å². The second-order valence-electron chi connectivity index (χ2n) is 5.24. The van der Waals surface area contributed by atoms with Gasteiger partial charge in [-0.3, -0.25) is 4.68 Å². The van der Waals surface area contributed by atoms with E-state index in [0.29, 0.717) is 6.04 Å². The van der Waals surface area contributed by atoms with Gasteiger partial charge in [-0.1, -0.05) is 12.8 Å². The molecule has 0 aromatic carbocycles. The van der Waals surface area contributed by atoms with Gasteiger partial charge in [0.05, 0.1) is 5.69 Å².